The minimum atomic E-state index is -3.80. The van der Waals surface area contributed by atoms with Crippen LogP contribution in [0.1, 0.15) is 5.82 Å². The van der Waals surface area contributed by atoms with Gasteiger partial charge in [-0.3, -0.25) is 4.68 Å². The van der Waals surface area contributed by atoms with E-state index < -0.39 is 10.0 Å². The van der Waals surface area contributed by atoms with Crippen LogP contribution >= 0.6 is 15.9 Å². The molecule has 0 aliphatic rings. The van der Waals surface area contributed by atoms with Gasteiger partial charge in [0.1, 0.15) is 17.0 Å². The van der Waals surface area contributed by atoms with Gasteiger partial charge in [-0.05, 0) is 28.1 Å². The lowest BCUT2D eigenvalue weighted by molar-refractivity contribution is 0.402. The fourth-order valence-electron chi connectivity index (χ4n) is 1.62. The Bertz CT molecular complexity index is 759. The number of ether oxygens (including phenoxy) is 1. The maximum absolute atomic E-state index is 12.3. The molecule has 0 saturated heterocycles. The summed E-state index contributed by atoms with van der Waals surface area (Å²) in [6.07, 6.45) is 1.49. The number of benzene rings is 1. The Morgan fingerprint density at radius 2 is 2.19 bits per heavy atom. The first kappa shape index (κ1) is 15.7. The molecule has 3 N–H and O–H groups in total. The maximum Gasteiger partial charge on any atom is 0.244 e. The molecule has 114 valence electrons. The fourth-order valence-corrected chi connectivity index (χ4v) is 3.11. The van der Waals surface area contributed by atoms with Crippen LogP contribution in [0.15, 0.2) is 27.8 Å². The number of aryl methyl sites for hydroxylation is 1. The molecule has 0 bridgehead atoms. The van der Waals surface area contributed by atoms with Crippen molar-refractivity contribution in [3.63, 3.8) is 0 Å². The van der Waals surface area contributed by atoms with Crippen molar-refractivity contribution in [2.24, 2.45) is 7.05 Å². The summed E-state index contributed by atoms with van der Waals surface area (Å²) in [7, 11) is -0.712. The first-order chi connectivity index (χ1) is 9.83. The summed E-state index contributed by atoms with van der Waals surface area (Å²) in [5.41, 5.74) is 6.03. The molecule has 0 radical (unpaired) electrons. The van der Waals surface area contributed by atoms with Crippen molar-refractivity contribution in [3.8, 4) is 5.75 Å². The van der Waals surface area contributed by atoms with Crippen molar-refractivity contribution in [2.75, 3.05) is 12.8 Å². The van der Waals surface area contributed by atoms with Crippen molar-refractivity contribution in [1.29, 1.82) is 0 Å². The maximum atomic E-state index is 12.3. The van der Waals surface area contributed by atoms with Crippen LogP contribution in [0, 0.1) is 0 Å². The summed E-state index contributed by atoms with van der Waals surface area (Å²) in [4.78, 5) is 3.91. The number of anilines is 1. The molecule has 1 aromatic carbocycles. The zero-order valence-corrected chi connectivity index (χ0v) is 13.8. The molecule has 0 fully saturated rings. The van der Waals surface area contributed by atoms with Gasteiger partial charge in [0, 0.05) is 17.2 Å². The Kier molecular flexibility index (Phi) is 4.49. The van der Waals surface area contributed by atoms with Gasteiger partial charge in [-0.2, -0.15) is 5.10 Å². The SMILES string of the molecule is COc1cc(Br)c(N)cc1S(=O)(=O)NCc1ncn(C)n1. The van der Waals surface area contributed by atoms with Gasteiger partial charge in [0.2, 0.25) is 10.0 Å². The molecule has 0 aliphatic heterocycles. The van der Waals surface area contributed by atoms with Gasteiger partial charge < -0.3 is 10.5 Å². The molecule has 0 unspecified atom stereocenters. The number of nitrogens with one attached hydrogen (secondary N) is 1. The third-order valence-corrected chi connectivity index (χ3v) is 4.75. The van der Waals surface area contributed by atoms with Gasteiger partial charge in [0.25, 0.3) is 0 Å². The van der Waals surface area contributed by atoms with E-state index in [0.29, 0.717) is 16.0 Å². The molecule has 8 nitrogen and oxygen atoms in total. The van der Waals surface area contributed by atoms with Crippen molar-refractivity contribution in [1.82, 2.24) is 19.5 Å². The third kappa shape index (κ3) is 3.52. The fraction of sp³-hybridized carbons (Fsp3) is 0.273. The average Bonchev–Trinajstić information content (AvgIpc) is 2.85. The van der Waals surface area contributed by atoms with E-state index in [0.717, 1.165) is 0 Å². The van der Waals surface area contributed by atoms with Crippen molar-refractivity contribution in [3.05, 3.63) is 28.8 Å². The zero-order valence-electron chi connectivity index (χ0n) is 11.4. The average molecular weight is 376 g/mol. The van der Waals surface area contributed by atoms with Crippen LogP contribution in [0.2, 0.25) is 0 Å². The Balaban J connectivity index is 2.28. The van der Waals surface area contributed by atoms with Gasteiger partial charge in [-0.1, -0.05) is 0 Å². The second-order valence-electron chi connectivity index (χ2n) is 4.18. The molecule has 0 saturated carbocycles. The van der Waals surface area contributed by atoms with E-state index in [1.165, 1.54) is 30.3 Å². The number of hydrogen-bond donors (Lipinski definition) is 2. The number of rotatable bonds is 5. The molecule has 21 heavy (non-hydrogen) atoms. The van der Waals surface area contributed by atoms with E-state index in [-0.39, 0.29) is 17.2 Å². The number of methoxy groups -OCH3 is 1. The molecule has 1 heterocycles. The molecular weight excluding hydrogens is 362 g/mol. The second kappa shape index (κ2) is 6.00. The monoisotopic (exact) mass is 375 g/mol. The molecule has 2 aromatic rings. The molecule has 0 amide bonds. The number of nitrogens with two attached hydrogens (primary N) is 1. The summed E-state index contributed by atoms with van der Waals surface area (Å²) in [5.74, 6) is 0.558. The van der Waals surface area contributed by atoms with Crippen LogP contribution in [0.25, 0.3) is 0 Å². The van der Waals surface area contributed by atoms with E-state index in [1.807, 2.05) is 0 Å². The quantitative estimate of drug-likeness (QED) is 0.741. The van der Waals surface area contributed by atoms with Gasteiger partial charge >= 0.3 is 0 Å². The van der Waals surface area contributed by atoms with Crippen molar-refractivity contribution >= 4 is 31.6 Å². The summed E-state index contributed by atoms with van der Waals surface area (Å²) in [6, 6.07) is 2.83. The van der Waals surface area contributed by atoms with Crippen LogP contribution in [0.3, 0.4) is 0 Å². The van der Waals surface area contributed by atoms with Crippen molar-refractivity contribution in [2.45, 2.75) is 11.4 Å². The minimum Gasteiger partial charge on any atom is -0.495 e. The number of sulfonamides is 1. The highest BCUT2D eigenvalue weighted by Gasteiger charge is 2.21. The normalized spacial score (nSPS) is 11.6. The summed E-state index contributed by atoms with van der Waals surface area (Å²) in [6.45, 7) is -0.0255. The largest absolute Gasteiger partial charge is 0.495 e. The molecular formula is C11H14BrN5O3S. The van der Waals surface area contributed by atoms with E-state index >= 15 is 0 Å². The number of aromatic nitrogens is 3. The molecule has 0 spiro atoms. The standard InChI is InChI=1S/C11H14BrN5O3S/c1-17-6-14-11(16-17)5-15-21(18,19)10-4-8(13)7(12)3-9(10)20-2/h3-4,6,15H,5,13H2,1-2H3. The third-order valence-electron chi connectivity index (χ3n) is 2.64. The second-order valence-corrected chi connectivity index (χ2v) is 6.77. The predicted molar refractivity (Wildman–Crippen MR) is 80.1 cm³/mol. The first-order valence-electron chi connectivity index (χ1n) is 5.80. The molecule has 10 heteroatoms. The van der Waals surface area contributed by atoms with Gasteiger partial charge in [-0.25, -0.2) is 18.1 Å². The summed E-state index contributed by atoms with van der Waals surface area (Å²) >= 11 is 3.22. The van der Waals surface area contributed by atoms with Gasteiger partial charge in [0.05, 0.1) is 13.7 Å². The Hall–Kier alpha value is -1.65. The van der Waals surface area contributed by atoms with Gasteiger partial charge in [0.15, 0.2) is 5.82 Å². The molecule has 1 aromatic heterocycles. The highest BCUT2D eigenvalue weighted by Crippen LogP contribution is 2.32. The summed E-state index contributed by atoms with van der Waals surface area (Å²) < 4.78 is 34.2. The lowest BCUT2D eigenvalue weighted by atomic mass is 10.3. The van der Waals surface area contributed by atoms with Crippen molar-refractivity contribution < 1.29 is 13.2 Å². The molecule has 0 aliphatic carbocycles. The van der Waals surface area contributed by atoms with Crippen LogP contribution < -0.4 is 15.2 Å². The van der Waals surface area contributed by atoms with Crippen LogP contribution in [-0.4, -0.2) is 30.3 Å². The number of halogens is 1. The smallest absolute Gasteiger partial charge is 0.244 e. The molecule has 2 rings (SSSR count). The topological polar surface area (TPSA) is 112 Å². The van der Waals surface area contributed by atoms with Crippen LogP contribution in [0.5, 0.6) is 5.75 Å². The van der Waals surface area contributed by atoms with Crippen LogP contribution in [0.4, 0.5) is 5.69 Å². The molecule has 0 atom stereocenters. The Morgan fingerprint density at radius 1 is 1.48 bits per heavy atom. The van der Waals surface area contributed by atoms with E-state index in [9.17, 15) is 8.42 Å². The predicted octanol–water partition coefficient (Wildman–Crippen LogP) is 0.647. The lowest BCUT2D eigenvalue weighted by Gasteiger charge is -2.11. The number of nitrogen functional groups attached to an aromatic ring is 1. The highest BCUT2D eigenvalue weighted by atomic mass is 79.9. The zero-order chi connectivity index (χ0) is 15.6. The van der Waals surface area contributed by atoms with Gasteiger partial charge in [-0.15, -0.1) is 0 Å². The lowest BCUT2D eigenvalue weighted by Crippen LogP contribution is -2.24. The highest BCUT2D eigenvalue weighted by molar-refractivity contribution is 9.10. The Labute approximate surface area is 130 Å². The van der Waals surface area contributed by atoms with E-state index in [1.54, 1.807) is 7.05 Å². The summed E-state index contributed by atoms with van der Waals surface area (Å²) in [5, 5.41) is 4.00. The Morgan fingerprint density at radius 3 is 2.76 bits per heavy atom. The first-order valence-corrected chi connectivity index (χ1v) is 8.08. The van der Waals surface area contributed by atoms with E-state index in [4.69, 9.17) is 10.5 Å². The van der Waals surface area contributed by atoms with E-state index in [2.05, 4.69) is 30.7 Å². The number of hydrogen-bond acceptors (Lipinski definition) is 6. The minimum absolute atomic E-state index is 0.0255. The number of nitrogens with zero attached hydrogens (tertiary/aromatic N) is 3. The van der Waals surface area contributed by atoms with Crippen LogP contribution in [-0.2, 0) is 23.6 Å².